The van der Waals surface area contributed by atoms with Gasteiger partial charge in [0, 0.05) is 38.7 Å². The Morgan fingerprint density at radius 3 is 2.47 bits per heavy atom. The van der Waals surface area contributed by atoms with Gasteiger partial charge in [-0.1, -0.05) is 32.9 Å². The zero-order valence-corrected chi connectivity index (χ0v) is 22.0. The molecule has 2 aliphatic rings. The van der Waals surface area contributed by atoms with E-state index in [0.29, 0.717) is 30.9 Å². The molecule has 1 amide bonds. The standard InChI is InChI=1S/C27H35F2N3O3S/c1-4-36(34,35)23-7-5-19(6-8-23)14-31-26(33)21-13-22-17-32(25(18(2)3)24(22)30-15-21)16-20-9-11-27(28,29)12-10-20/h5-8,13,15,18,20,25H,4,9-12,14,16-17H2,1-3H3,(H,31,33). The van der Waals surface area contributed by atoms with E-state index in [1.54, 1.807) is 37.4 Å². The maximum absolute atomic E-state index is 13.6. The molecule has 0 saturated heterocycles. The minimum atomic E-state index is -3.26. The maximum Gasteiger partial charge on any atom is 0.253 e. The molecule has 1 aromatic carbocycles. The van der Waals surface area contributed by atoms with Gasteiger partial charge in [0.1, 0.15) is 0 Å². The van der Waals surface area contributed by atoms with Crippen LogP contribution in [0, 0.1) is 11.8 Å². The van der Waals surface area contributed by atoms with Gasteiger partial charge in [-0.25, -0.2) is 17.2 Å². The van der Waals surface area contributed by atoms with Gasteiger partial charge < -0.3 is 5.32 Å². The zero-order chi connectivity index (χ0) is 26.1. The first-order valence-electron chi connectivity index (χ1n) is 12.7. The van der Waals surface area contributed by atoms with Gasteiger partial charge in [0.25, 0.3) is 5.91 Å². The van der Waals surface area contributed by atoms with E-state index in [-0.39, 0.29) is 47.9 Å². The van der Waals surface area contributed by atoms with Crippen molar-refractivity contribution < 1.29 is 22.0 Å². The van der Waals surface area contributed by atoms with E-state index in [1.165, 1.54) is 0 Å². The number of hydrogen-bond acceptors (Lipinski definition) is 5. The summed E-state index contributed by atoms with van der Waals surface area (Å²) in [5.41, 5.74) is 3.25. The molecule has 1 aliphatic heterocycles. The lowest BCUT2D eigenvalue weighted by molar-refractivity contribution is -0.0506. The summed E-state index contributed by atoms with van der Waals surface area (Å²) in [6, 6.07) is 8.53. The minimum Gasteiger partial charge on any atom is -0.348 e. The third kappa shape index (κ3) is 5.94. The van der Waals surface area contributed by atoms with E-state index in [2.05, 4.69) is 29.0 Å². The van der Waals surface area contributed by atoms with Crippen LogP contribution in [-0.4, -0.2) is 42.4 Å². The molecule has 1 aliphatic carbocycles. The van der Waals surface area contributed by atoms with Crippen LogP contribution in [0.2, 0.25) is 0 Å². The van der Waals surface area contributed by atoms with E-state index < -0.39 is 15.8 Å². The van der Waals surface area contributed by atoms with Crippen LogP contribution in [0.15, 0.2) is 41.4 Å². The first-order chi connectivity index (χ1) is 17.0. The molecule has 36 heavy (non-hydrogen) atoms. The fraction of sp³-hybridized carbons (Fsp3) is 0.556. The van der Waals surface area contributed by atoms with Gasteiger partial charge in [-0.3, -0.25) is 14.7 Å². The highest BCUT2D eigenvalue weighted by molar-refractivity contribution is 7.91. The van der Waals surface area contributed by atoms with Crippen molar-refractivity contribution in [2.24, 2.45) is 11.8 Å². The molecular formula is C27H35F2N3O3S. The molecule has 2 heterocycles. The fourth-order valence-corrected chi connectivity index (χ4v) is 6.21. The molecule has 1 aromatic heterocycles. The highest BCUT2D eigenvalue weighted by Gasteiger charge is 2.39. The summed E-state index contributed by atoms with van der Waals surface area (Å²) in [6.07, 6.45) is 2.61. The lowest BCUT2D eigenvalue weighted by Gasteiger charge is -2.34. The maximum atomic E-state index is 13.6. The number of hydrogen-bond donors (Lipinski definition) is 1. The second kappa shape index (κ2) is 10.5. The quantitative estimate of drug-likeness (QED) is 0.522. The van der Waals surface area contributed by atoms with Crippen molar-refractivity contribution in [1.82, 2.24) is 15.2 Å². The topological polar surface area (TPSA) is 79.4 Å². The van der Waals surface area contributed by atoms with Crippen LogP contribution in [-0.2, 0) is 22.9 Å². The second-order valence-corrected chi connectivity index (χ2v) is 12.7. The Morgan fingerprint density at radius 2 is 1.86 bits per heavy atom. The van der Waals surface area contributed by atoms with Crippen molar-refractivity contribution in [2.75, 3.05) is 12.3 Å². The number of fused-ring (bicyclic) bond motifs is 1. The minimum absolute atomic E-state index is 0.0372. The van der Waals surface area contributed by atoms with Gasteiger partial charge >= 0.3 is 0 Å². The molecule has 1 saturated carbocycles. The number of carbonyl (C=O) groups excluding carboxylic acids is 1. The average molecular weight is 520 g/mol. The number of carbonyl (C=O) groups is 1. The van der Waals surface area contributed by atoms with E-state index in [9.17, 15) is 22.0 Å². The third-order valence-corrected chi connectivity index (χ3v) is 9.14. The molecule has 0 radical (unpaired) electrons. The van der Waals surface area contributed by atoms with Crippen molar-refractivity contribution >= 4 is 15.7 Å². The summed E-state index contributed by atoms with van der Waals surface area (Å²) in [5.74, 6) is -2.17. The summed E-state index contributed by atoms with van der Waals surface area (Å²) in [4.78, 5) is 20.1. The number of sulfone groups is 1. The van der Waals surface area contributed by atoms with Crippen LogP contribution < -0.4 is 5.32 Å². The lowest BCUT2D eigenvalue weighted by atomic mass is 9.86. The van der Waals surface area contributed by atoms with E-state index >= 15 is 0 Å². The summed E-state index contributed by atoms with van der Waals surface area (Å²) in [6.45, 7) is 7.58. The Bertz CT molecular complexity index is 1190. The van der Waals surface area contributed by atoms with Crippen LogP contribution in [0.5, 0.6) is 0 Å². The van der Waals surface area contributed by atoms with Gasteiger partial charge in [0.2, 0.25) is 5.92 Å². The molecule has 1 N–H and O–H groups in total. The Labute approximate surface area is 212 Å². The van der Waals surface area contributed by atoms with E-state index in [0.717, 1.165) is 23.4 Å². The zero-order valence-electron chi connectivity index (χ0n) is 21.1. The Kier molecular flexibility index (Phi) is 7.80. The number of benzene rings is 1. The normalized spacial score (nSPS) is 20.4. The number of alkyl halides is 2. The molecule has 1 unspecified atom stereocenters. The van der Waals surface area contributed by atoms with Crippen LogP contribution >= 0.6 is 0 Å². The molecule has 2 aromatic rings. The number of aromatic nitrogens is 1. The highest BCUT2D eigenvalue weighted by Crippen LogP contribution is 2.41. The predicted molar refractivity (Wildman–Crippen MR) is 134 cm³/mol. The molecule has 0 bridgehead atoms. The number of rotatable bonds is 8. The number of pyridine rings is 1. The van der Waals surface area contributed by atoms with Gasteiger partial charge in [-0.05, 0) is 54.0 Å². The molecule has 1 atom stereocenters. The smallest absolute Gasteiger partial charge is 0.253 e. The average Bonchev–Trinajstić information content (AvgIpc) is 3.21. The molecular weight excluding hydrogens is 484 g/mol. The molecule has 6 nitrogen and oxygen atoms in total. The number of nitrogens with zero attached hydrogens (tertiary/aromatic N) is 2. The largest absolute Gasteiger partial charge is 0.348 e. The molecule has 1 fully saturated rings. The molecule has 4 rings (SSSR count). The predicted octanol–water partition coefficient (Wildman–Crippen LogP) is 5.14. The Morgan fingerprint density at radius 1 is 1.19 bits per heavy atom. The van der Waals surface area contributed by atoms with Gasteiger partial charge in [-0.15, -0.1) is 0 Å². The van der Waals surface area contributed by atoms with Gasteiger partial charge in [0.15, 0.2) is 9.84 Å². The van der Waals surface area contributed by atoms with Gasteiger partial charge in [0.05, 0.1) is 27.9 Å². The van der Waals surface area contributed by atoms with Crippen molar-refractivity contribution in [1.29, 1.82) is 0 Å². The number of nitrogens with one attached hydrogen (secondary N) is 1. The molecule has 196 valence electrons. The van der Waals surface area contributed by atoms with Crippen molar-refractivity contribution in [3.63, 3.8) is 0 Å². The van der Waals surface area contributed by atoms with Crippen molar-refractivity contribution in [2.45, 2.75) is 76.4 Å². The summed E-state index contributed by atoms with van der Waals surface area (Å²) in [7, 11) is -3.26. The SMILES string of the molecule is CCS(=O)(=O)c1ccc(CNC(=O)c2cnc3c(c2)CN(CC2CCC(F)(F)CC2)C3C(C)C)cc1. The van der Waals surface area contributed by atoms with Crippen LogP contribution in [0.1, 0.15) is 79.7 Å². The van der Waals surface area contributed by atoms with Crippen LogP contribution in [0.3, 0.4) is 0 Å². The van der Waals surface area contributed by atoms with Crippen LogP contribution in [0.4, 0.5) is 8.78 Å². The molecule has 0 spiro atoms. The fourth-order valence-electron chi connectivity index (χ4n) is 5.32. The summed E-state index contributed by atoms with van der Waals surface area (Å²) < 4.78 is 51.1. The van der Waals surface area contributed by atoms with Crippen molar-refractivity contribution in [3.05, 3.63) is 58.9 Å². The van der Waals surface area contributed by atoms with E-state index in [1.807, 2.05) is 6.07 Å². The molecule has 9 heteroatoms. The third-order valence-electron chi connectivity index (χ3n) is 7.39. The Hall–Kier alpha value is -2.39. The number of halogens is 2. The first kappa shape index (κ1) is 26.7. The van der Waals surface area contributed by atoms with Crippen molar-refractivity contribution in [3.8, 4) is 0 Å². The monoisotopic (exact) mass is 519 g/mol. The summed E-state index contributed by atoms with van der Waals surface area (Å²) in [5, 5.41) is 2.88. The second-order valence-electron chi connectivity index (χ2n) is 10.4. The highest BCUT2D eigenvalue weighted by atomic mass is 32.2. The first-order valence-corrected chi connectivity index (χ1v) is 14.3. The summed E-state index contributed by atoms with van der Waals surface area (Å²) >= 11 is 0. The van der Waals surface area contributed by atoms with Crippen LogP contribution in [0.25, 0.3) is 0 Å². The Balaban J connectivity index is 1.40. The van der Waals surface area contributed by atoms with Gasteiger partial charge in [-0.2, -0.15) is 0 Å². The number of amides is 1. The van der Waals surface area contributed by atoms with E-state index in [4.69, 9.17) is 0 Å². The lowest BCUT2D eigenvalue weighted by Crippen LogP contribution is -2.34.